The molecule has 4 atom stereocenters. The Morgan fingerprint density at radius 1 is 0.898 bits per heavy atom. The van der Waals surface area contributed by atoms with Crippen molar-refractivity contribution in [3.8, 4) is 5.75 Å². The molecule has 3 aromatic carbocycles. The van der Waals surface area contributed by atoms with E-state index in [2.05, 4.69) is 10.1 Å². The molecule has 3 aromatic rings. The van der Waals surface area contributed by atoms with E-state index in [1.165, 1.54) is 17.0 Å². The van der Waals surface area contributed by atoms with Gasteiger partial charge < -0.3 is 20.7 Å². The van der Waals surface area contributed by atoms with E-state index in [1.54, 1.807) is 18.2 Å². The van der Waals surface area contributed by atoms with Crippen molar-refractivity contribution in [2.75, 3.05) is 17.6 Å². The molecule has 0 aromatic heterocycles. The first-order valence-electron chi connectivity index (χ1n) is 15.2. The molecule has 1 saturated carbocycles. The first kappa shape index (κ1) is 35.7. The van der Waals surface area contributed by atoms with Crippen LogP contribution < -0.4 is 15.8 Å². The number of carbonyl (C=O) groups excluding carboxylic acids is 3. The minimum absolute atomic E-state index is 0.0589. The van der Waals surface area contributed by atoms with Gasteiger partial charge in [-0.25, -0.2) is 13.2 Å². The first-order valence-corrected chi connectivity index (χ1v) is 16.9. The Morgan fingerprint density at radius 3 is 2.12 bits per heavy atom. The number of hydrogen-bond acceptors (Lipinski definition) is 7. The second-order valence-electron chi connectivity index (χ2n) is 12.0. The number of carbonyl (C=O) groups is 3. The van der Waals surface area contributed by atoms with Crippen molar-refractivity contribution in [3.05, 3.63) is 89.5 Å². The van der Waals surface area contributed by atoms with Gasteiger partial charge in [0, 0.05) is 29.9 Å². The molecule has 0 radical (unpaired) electrons. The van der Waals surface area contributed by atoms with Crippen LogP contribution in [0.15, 0.2) is 77.7 Å². The Balaban J connectivity index is 1.51. The van der Waals surface area contributed by atoms with Crippen LogP contribution in [0.5, 0.6) is 5.75 Å². The van der Waals surface area contributed by atoms with Crippen molar-refractivity contribution in [2.45, 2.75) is 60.9 Å². The van der Waals surface area contributed by atoms with Gasteiger partial charge >= 0.3 is 18.3 Å². The number of esters is 1. The van der Waals surface area contributed by atoms with E-state index in [0.717, 1.165) is 5.69 Å². The largest absolute Gasteiger partial charge is 0.491 e. The van der Waals surface area contributed by atoms with Gasteiger partial charge in [0.2, 0.25) is 11.8 Å². The normalized spacial score (nSPS) is 21.8. The Labute approximate surface area is 277 Å². The number of likely N-dealkylation sites (tertiary alicyclic amines) is 1. The molecule has 2 amide bonds. The van der Waals surface area contributed by atoms with E-state index in [4.69, 9.17) is 5.73 Å². The van der Waals surface area contributed by atoms with Crippen molar-refractivity contribution < 1.29 is 53.9 Å². The highest BCUT2D eigenvalue weighted by atomic mass is 32.2. The lowest BCUT2D eigenvalue weighted by Crippen LogP contribution is -2.49. The first-order chi connectivity index (χ1) is 23.0. The molecule has 0 spiro atoms. The van der Waals surface area contributed by atoms with E-state index >= 15 is 0 Å². The molecule has 3 N–H and O–H groups in total. The molecule has 0 unspecified atom stereocenters. The summed E-state index contributed by atoms with van der Waals surface area (Å²) in [5, 5.41) is 3.37. The van der Waals surface area contributed by atoms with Crippen molar-refractivity contribution in [3.63, 3.8) is 0 Å². The SMILES string of the molecule is NC(=O)c1ccc(OC(=O)C(F)(F)F)c(C(F)(F)F)c1[C@@H]1CCN([C@H]2CC[C@@H](Nc3ccccc3)C[C@H]2CS(=O)(=O)c2ccccc2)C1=O. The van der Waals surface area contributed by atoms with Gasteiger partial charge in [0.1, 0.15) is 11.3 Å². The van der Waals surface area contributed by atoms with Crippen LogP contribution in [0.3, 0.4) is 0 Å². The van der Waals surface area contributed by atoms with Gasteiger partial charge in [-0.2, -0.15) is 26.3 Å². The molecule has 2 aliphatic rings. The second kappa shape index (κ2) is 13.7. The van der Waals surface area contributed by atoms with Gasteiger partial charge in [0.05, 0.1) is 16.6 Å². The monoisotopic (exact) mass is 711 g/mol. The molecular formula is C33H31F6N3O6S. The Morgan fingerprint density at radius 2 is 1.53 bits per heavy atom. The predicted molar refractivity (Wildman–Crippen MR) is 164 cm³/mol. The highest BCUT2D eigenvalue weighted by molar-refractivity contribution is 7.91. The molecule has 0 bridgehead atoms. The maximum absolute atomic E-state index is 14.5. The molecule has 5 rings (SSSR count). The number of nitrogens with one attached hydrogen (secondary N) is 1. The topological polar surface area (TPSA) is 136 Å². The number of alkyl halides is 6. The number of amides is 2. The summed E-state index contributed by atoms with van der Waals surface area (Å²) < 4.78 is 114. The van der Waals surface area contributed by atoms with Crippen molar-refractivity contribution >= 4 is 33.3 Å². The van der Waals surface area contributed by atoms with E-state index in [0.29, 0.717) is 18.6 Å². The number of benzene rings is 3. The molecule has 49 heavy (non-hydrogen) atoms. The predicted octanol–water partition coefficient (Wildman–Crippen LogP) is 5.71. The van der Waals surface area contributed by atoms with Crippen LogP contribution in [0.25, 0.3) is 0 Å². The van der Waals surface area contributed by atoms with Gasteiger partial charge in [-0.05, 0) is 73.6 Å². The molecule has 1 aliphatic carbocycles. The maximum atomic E-state index is 14.5. The summed E-state index contributed by atoms with van der Waals surface area (Å²) in [5.41, 5.74) is 2.47. The summed E-state index contributed by atoms with van der Waals surface area (Å²) in [5.74, 6) is -9.53. The fraction of sp³-hybridized carbons (Fsp3) is 0.364. The van der Waals surface area contributed by atoms with E-state index in [-0.39, 0.29) is 42.5 Å². The molecule has 262 valence electrons. The average Bonchev–Trinajstić information content (AvgIpc) is 3.41. The molecule has 1 heterocycles. The van der Waals surface area contributed by atoms with Gasteiger partial charge in [-0.3, -0.25) is 9.59 Å². The standard InChI is InChI=1S/C33H31F6N3O6S/c34-32(35,36)28-26(48-31(45)33(37,38)39)14-12-23(29(40)43)27(28)24-15-16-42(30(24)44)25-13-11-21(41-20-7-3-1-4-8-20)17-19(25)18-49(46,47)22-9-5-2-6-10-22/h1-10,12,14,19,21,24-25,41H,11,13,15-18H2,(H2,40,43)/t19-,21+,24-,25-/m0/s1. The Kier molecular flexibility index (Phi) is 10.00. The van der Waals surface area contributed by atoms with Gasteiger partial charge in [-0.15, -0.1) is 0 Å². The zero-order valence-electron chi connectivity index (χ0n) is 25.6. The summed E-state index contributed by atoms with van der Waals surface area (Å²) in [6.07, 6.45) is -10.4. The summed E-state index contributed by atoms with van der Waals surface area (Å²) in [6, 6.07) is 16.9. The third-order valence-corrected chi connectivity index (χ3v) is 10.7. The van der Waals surface area contributed by atoms with Crippen LogP contribution in [-0.2, 0) is 25.6 Å². The zero-order chi connectivity index (χ0) is 35.7. The van der Waals surface area contributed by atoms with Crippen LogP contribution in [0, 0.1) is 5.92 Å². The summed E-state index contributed by atoms with van der Waals surface area (Å²) in [6.45, 7) is -0.144. The number of para-hydroxylation sites is 1. The summed E-state index contributed by atoms with van der Waals surface area (Å²) in [7, 11) is -3.89. The molecule has 1 saturated heterocycles. The lowest BCUT2D eigenvalue weighted by atomic mass is 9.81. The highest BCUT2D eigenvalue weighted by Crippen LogP contribution is 2.47. The van der Waals surface area contributed by atoms with Crippen LogP contribution in [0.2, 0.25) is 0 Å². The third kappa shape index (κ3) is 7.84. The molecule has 1 aliphatic heterocycles. The lowest BCUT2D eigenvalue weighted by molar-refractivity contribution is -0.190. The number of ether oxygens (including phenoxy) is 1. The van der Waals surface area contributed by atoms with Crippen LogP contribution >= 0.6 is 0 Å². The number of nitrogens with zero attached hydrogens (tertiary/aromatic N) is 1. The molecule has 9 nitrogen and oxygen atoms in total. The van der Waals surface area contributed by atoms with Gasteiger partial charge in [0.15, 0.2) is 9.84 Å². The van der Waals surface area contributed by atoms with E-state index < -0.39 is 80.3 Å². The minimum Gasteiger partial charge on any atom is -0.419 e. The number of hydrogen-bond donors (Lipinski definition) is 2. The lowest BCUT2D eigenvalue weighted by Gasteiger charge is -2.41. The zero-order valence-corrected chi connectivity index (χ0v) is 26.4. The van der Waals surface area contributed by atoms with Crippen molar-refractivity contribution in [1.29, 1.82) is 0 Å². The fourth-order valence-electron chi connectivity index (χ4n) is 6.76. The number of rotatable bonds is 9. The van der Waals surface area contributed by atoms with Gasteiger partial charge in [0.25, 0.3) is 0 Å². The highest BCUT2D eigenvalue weighted by Gasteiger charge is 2.50. The van der Waals surface area contributed by atoms with Crippen LogP contribution in [0.1, 0.15) is 53.1 Å². The van der Waals surface area contributed by atoms with Gasteiger partial charge in [-0.1, -0.05) is 36.4 Å². The number of sulfone groups is 1. The van der Waals surface area contributed by atoms with Crippen molar-refractivity contribution in [1.82, 2.24) is 4.90 Å². The summed E-state index contributed by atoms with van der Waals surface area (Å²) >= 11 is 0. The smallest absolute Gasteiger partial charge is 0.419 e. The summed E-state index contributed by atoms with van der Waals surface area (Å²) in [4.78, 5) is 39.3. The van der Waals surface area contributed by atoms with E-state index in [9.17, 15) is 49.1 Å². The van der Waals surface area contributed by atoms with Crippen molar-refractivity contribution in [2.24, 2.45) is 11.7 Å². The third-order valence-electron chi connectivity index (χ3n) is 8.80. The molecule has 2 fully saturated rings. The maximum Gasteiger partial charge on any atom is 0.491 e. The second-order valence-corrected chi connectivity index (χ2v) is 14.0. The fourth-order valence-corrected chi connectivity index (χ4v) is 8.44. The average molecular weight is 712 g/mol. The number of anilines is 1. The van der Waals surface area contributed by atoms with E-state index in [1.807, 2.05) is 30.3 Å². The Bertz CT molecular complexity index is 1820. The van der Waals surface area contributed by atoms with Crippen LogP contribution in [-0.4, -0.2) is 61.7 Å². The quantitative estimate of drug-likeness (QED) is 0.165. The Hall–Kier alpha value is -4.60. The molecule has 16 heteroatoms. The minimum atomic E-state index is -5.64. The molecular weight excluding hydrogens is 680 g/mol. The van der Waals surface area contributed by atoms with Crippen LogP contribution in [0.4, 0.5) is 32.0 Å². The number of halogens is 6. The number of primary amides is 1. The number of nitrogens with two attached hydrogens (primary N) is 1.